The van der Waals surface area contributed by atoms with Crippen LogP contribution >= 0.6 is 11.6 Å². The van der Waals surface area contributed by atoms with E-state index in [4.69, 9.17) is 16.6 Å². The molecule has 34 heavy (non-hydrogen) atoms. The molecule has 2 amide bonds. The van der Waals surface area contributed by atoms with Gasteiger partial charge in [0, 0.05) is 38.1 Å². The number of piperazine rings is 1. The molecular formula is C26H27ClN6O. The van der Waals surface area contributed by atoms with Gasteiger partial charge in [-0.1, -0.05) is 29.8 Å². The number of anilines is 1. The monoisotopic (exact) mass is 474 g/mol. The van der Waals surface area contributed by atoms with Gasteiger partial charge in [-0.15, -0.1) is 0 Å². The lowest BCUT2D eigenvalue weighted by Crippen LogP contribution is -2.49. The number of carbonyl (C=O) groups excluding carboxylic acids is 1. The molecule has 2 aromatic carbocycles. The van der Waals surface area contributed by atoms with E-state index in [0.717, 1.165) is 41.3 Å². The number of urea groups is 1. The standard InChI is InChI=1S/C26H27ClN6O/c1-18-5-3-6-20(15-18)33-24(29-23-7-4-10-28-25(23)33)17-31-11-13-32(14-12-31)26(34)30-22-9-8-19(2)16-21(22)27/h3-10,15-16H,11-14,17H2,1-2H3,(H,30,34). The van der Waals surface area contributed by atoms with Crippen LogP contribution in [0.1, 0.15) is 17.0 Å². The zero-order valence-electron chi connectivity index (χ0n) is 19.3. The summed E-state index contributed by atoms with van der Waals surface area (Å²) in [5.41, 5.74) is 5.68. The quantitative estimate of drug-likeness (QED) is 0.450. The van der Waals surface area contributed by atoms with E-state index in [2.05, 4.69) is 51.0 Å². The third kappa shape index (κ3) is 4.62. The Kier molecular flexibility index (Phi) is 6.22. The number of aryl methyl sites for hydroxylation is 2. The number of nitrogens with one attached hydrogen (secondary N) is 1. The van der Waals surface area contributed by atoms with Gasteiger partial charge in [-0.2, -0.15) is 0 Å². The van der Waals surface area contributed by atoms with Gasteiger partial charge < -0.3 is 10.2 Å². The highest BCUT2D eigenvalue weighted by Gasteiger charge is 2.24. The number of rotatable bonds is 4. The maximum atomic E-state index is 12.8. The maximum absolute atomic E-state index is 12.8. The van der Waals surface area contributed by atoms with E-state index >= 15 is 0 Å². The molecule has 0 atom stereocenters. The number of fused-ring (bicyclic) bond motifs is 1. The van der Waals surface area contributed by atoms with E-state index in [9.17, 15) is 4.79 Å². The third-order valence-corrected chi connectivity index (χ3v) is 6.45. The Bertz CT molecular complexity index is 1340. The second kappa shape index (κ2) is 9.44. The van der Waals surface area contributed by atoms with Crippen molar-refractivity contribution in [2.75, 3.05) is 31.5 Å². The van der Waals surface area contributed by atoms with E-state index in [-0.39, 0.29) is 6.03 Å². The topological polar surface area (TPSA) is 66.3 Å². The average Bonchev–Trinajstić information content (AvgIpc) is 3.19. The van der Waals surface area contributed by atoms with Crippen LogP contribution in [0.25, 0.3) is 16.9 Å². The molecular weight excluding hydrogens is 448 g/mol. The van der Waals surface area contributed by atoms with Crippen LogP contribution in [0.4, 0.5) is 10.5 Å². The normalized spacial score (nSPS) is 14.5. The minimum Gasteiger partial charge on any atom is -0.322 e. The largest absolute Gasteiger partial charge is 0.322 e. The van der Waals surface area contributed by atoms with Crippen LogP contribution in [-0.2, 0) is 6.54 Å². The molecule has 7 nitrogen and oxygen atoms in total. The van der Waals surface area contributed by atoms with Crippen LogP contribution in [0.5, 0.6) is 0 Å². The highest BCUT2D eigenvalue weighted by Crippen LogP contribution is 2.24. The van der Waals surface area contributed by atoms with Crippen molar-refractivity contribution in [3.05, 3.63) is 82.8 Å². The predicted octanol–water partition coefficient (Wildman–Crippen LogP) is 5.04. The van der Waals surface area contributed by atoms with Crippen LogP contribution in [0, 0.1) is 13.8 Å². The average molecular weight is 475 g/mol. The number of halogens is 1. The minimum atomic E-state index is -0.124. The molecule has 0 bridgehead atoms. The fraction of sp³-hybridized carbons (Fsp3) is 0.269. The number of hydrogen-bond acceptors (Lipinski definition) is 4. The molecule has 1 fully saturated rings. The van der Waals surface area contributed by atoms with E-state index in [1.165, 1.54) is 5.56 Å². The highest BCUT2D eigenvalue weighted by molar-refractivity contribution is 6.33. The first kappa shape index (κ1) is 22.4. The molecule has 0 saturated carbocycles. The number of nitrogens with zero attached hydrogens (tertiary/aromatic N) is 5. The lowest BCUT2D eigenvalue weighted by molar-refractivity contribution is 0.140. The summed E-state index contributed by atoms with van der Waals surface area (Å²) in [7, 11) is 0. The van der Waals surface area contributed by atoms with Gasteiger partial charge in [0.1, 0.15) is 11.3 Å². The van der Waals surface area contributed by atoms with Gasteiger partial charge in [-0.05, 0) is 61.4 Å². The van der Waals surface area contributed by atoms with Crippen molar-refractivity contribution < 1.29 is 4.79 Å². The number of benzene rings is 2. The van der Waals surface area contributed by atoms with E-state index in [1.807, 2.05) is 42.2 Å². The molecule has 4 aromatic rings. The molecule has 174 valence electrons. The molecule has 1 saturated heterocycles. The Morgan fingerprint density at radius 3 is 2.56 bits per heavy atom. The fourth-order valence-corrected chi connectivity index (χ4v) is 4.61. The maximum Gasteiger partial charge on any atom is 0.321 e. The second-order valence-corrected chi connectivity index (χ2v) is 9.13. The Morgan fingerprint density at radius 2 is 1.79 bits per heavy atom. The minimum absolute atomic E-state index is 0.124. The molecule has 5 rings (SSSR count). The van der Waals surface area contributed by atoms with Gasteiger partial charge in [0.25, 0.3) is 0 Å². The van der Waals surface area contributed by atoms with Crippen LogP contribution < -0.4 is 5.32 Å². The number of carbonyl (C=O) groups is 1. The van der Waals surface area contributed by atoms with Crippen molar-refractivity contribution in [2.45, 2.75) is 20.4 Å². The molecule has 0 unspecified atom stereocenters. The Labute approximate surface area is 204 Å². The summed E-state index contributed by atoms with van der Waals surface area (Å²) in [6, 6.07) is 17.8. The molecule has 8 heteroatoms. The van der Waals surface area contributed by atoms with Gasteiger partial charge in [0.2, 0.25) is 0 Å². The highest BCUT2D eigenvalue weighted by atomic mass is 35.5. The second-order valence-electron chi connectivity index (χ2n) is 8.73. The van der Waals surface area contributed by atoms with Crippen LogP contribution in [-0.4, -0.2) is 56.5 Å². The Morgan fingerprint density at radius 1 is 1.00 bits per heavy atom. The zero-order valence-corrected chi connectivity index (χ0v) is 20.1. The first-order valence-corrected chi connectivity index (χ1v) is 11.8. The first-order valence-electron chi connectivity index (χ1n) is 11.4. The summed E-state index contributed by atoms with van der Waals surface area (Å²) in [6.45, 7) is 7.54. The summed E-state index contributed by atoms with van der Waals surface area (Å²) < 4.78 is 2.14. The van der Waals surface area contributed by atoms with Gasteiger partial charge in [-0.3, -0.25) is 9.47 Å². The van der Waals surface area contributed by atoms with E-state index in [0.29, 0.717) is 30.3 Å². The fourth-order valence-electron chi connectivity index (χ4n) is 4.33. The predicted molar refractivity (Wildman–Crippen MR) is 136 cm³/mol. The smallest absolute Gasteiger partial charge is 0.321 e. The molecule has 1 aliphatic heterocycles. The first-order chi connectivity index (χ1) is 16.5. The Hall–Kier alpha value is -3.42. The van der Waals surface area contributed by atoms with Crippen LogP contribution in [0.3, 0.4) is 0 Å². The van der Waals surface area contributed by atoms with Crippen LogP contribution in [0.15, 0.2) is 60.8 Å². The Balaban J connectivity index is 1.29. The van der Waals surface area contributed by atoms with Crippen molar-refractivity contribution in [2.24, 2.45) is 0 Å². The SMILES string of the molecule is Cc1cccc(-n2c(CN3CCN(C(=O)Nc4ccc(C)cc4Cl)CC3)nc3cccnc32)c1. The summed E-state index contributed by atoms with van der Waals surface area (Å²) in [5, 5.41) is 3.49. The van der Waals surface area contributed by atoms with E-state index in [1.54, 1.807) is 6.20 Å². The lowest BCUT2D eigenvalue weighted by Gasteiger charge is -2.34. The van der Waals surface area contributed by atoms with Crippen molar-refractivity contribution in [1.29, 1.82) is 0 Å². The number of pyridine rings is 1. The van der Waals surface area contributed by atoms with Gasteiger partial charge in [-0.25, -0.2) is 14.8 Å². The summed E-state index contributed by atoms with van der Waals surface area (Å²) >= 11 is 6.28. The number of aromatic nitrogens is 3. The zero-order chi connectivity index (χ0) is 23.7. The molecule has 1 aliphatic rings. The van der Waals surface area contributed by atoms with Crippen molar-refractivity contribution in [1.82, 2.24) is 24.3 Å². The van der Waals surface area contributed by atoms with Crippen LogP contribution in [0.2, 0.25) is 5.02 Å². The molecule has 1 N–H and O–H groups in total. The molecule has 3 heterocycles. The molecule has 0 radical (unpaired) electrons. The lowest BCUT2D eigenvalue weighted by atomic mass is 10.2. The molecule has 0 aliphatic carbocycles. The van der Waals surface area contributed by atoms with Gasteiger partial charge in [0.05, 0.1) is 17.3 Å². The number of hydrogen-bond donors (Lipinski definition) is 1. The van der Waals surface area contributed by atoms with E-state index < -0.39 is 0 Å². The molecule has 0 spiro atoms. The van der Waals surface area contributed by atoms with Gasteiger partial charge in [0.15, 0.2) is 5.65 Å². The summed E-state index contributed by atoms with van der Waals surface area (Å²) in [4.78, 5) is 26.4. The van der Waals surface area contributed by atoms with Crippen molar-refractivity contribution in [3.8, 4) is 5.69 Å². The number of imidazole rings is 1. The molecule has 2 aromatic heterocycles. The number of amides is 2. The third-order valence-electron chi connectivity index (χ3n) is 6.14. The van der Waals surface area contributed by atoms with Gasteiger partial charge >= 0.3 is 6.03 Å². The summed E-state index contributed by atoms with van der Waals surface area (Å²) in [5.74, 6) is 0.948. The van der Waals surface area contributed by atoms with Crippen molar-refractivity contribution >= 4 is 34.5 Å². The van der Waals surface area contributed by atoms with Crippen molar-refractivity contribution in [3.63, 3.8) is 0 Å². The summed E-state index contributed by atoms with van der Waals surface area (Å²) in [6.07, 6.45) is 1.80.